The van der Waals surface area contributed by atoms with Crippen molar-refractivity contribution in [2.75, 3.05) is 12.8 Å². The molecule has 0 spiro atoms. The van der Waals surface area contributed by atoms with Gasteiger partial charge in [-0.05, 0) is 18.2 Å². The van der Waals surface area contributed by atoms with Gasteiger partial charge in [-0.2, -0.15) is 0 Å². The number of carbonyl (C=O) groups is 1. The molecule has 2 aromatic rings. The van der Waals surface area contributed by atoms with Gasteiger partial charge in [0, 0.05) is 5.56 Å². The molecule has 6 nitrogen and oxygen atoms in total. The summed E-state index contributed by atoms with van der Waals surface area (Å²) in [7, 11) is 1.37. The molecule has 0 unspecified atom stereocenters. The molecule has 0 saturated carbocycles. The molecule has 1 aromatic carbocycles. The topological polar surface area (TPSA) is 104 Å². The Labute approximate surface area is 108 Å². The molecule has 0 bridgehead atoms. The molecule has 0 radical (unpaired) electrons. The maximum Gasteiger partial charge on any atom is 0.271 e. The van der Waals surface area contributed by atoms with Crippen LogP contribution >= 0.6 is 0 Å². The van der Waals surface area contributed by atoms with Gasteiger partial charge in [0.1, 0.15) is 0 Å². The summed E-state index contributed by atoms with van der Waals surface area (Å²) in [5, 5.41) is 0. The van der Waals surface area contributed by atoms with Crippen molar-refractivity contribution in [2.24, 2.45) is 5.73 Å². The van der Waals surface area contributed by atoms with E-state index in [0.29, 0.717) is 11.3 Å². The number of hydrogen-bond acceptors (Lipinski definition) is 5. The number of anilines is 1. The largest absolute Gasteiger partial charge is 0.494 e. The van der Waals surface area contributed by atoms with Crippen LogP contribution < -0.4 is 16.2 Å². The highest BCUT2D eigenvalue weighted by molar-refractivity contribution is 5.95. The maximum atomic E-state index is 13.6. The van der Waals surface area contributed by atoms with Crippen molar-refractivity contribution >= 4 is 11.7 Å². The Morgan fingerprint density at radius 1 is 1.42 bits per heavy atom. The number of ether oxygens (including phenoxy) is 1. The third-order valence-electron chi connectivity index (χ3n) is 2.48. The first-order chi connectivity index (χ1) is 9.02. The minimum atomic E-state index is -0.791. The molecule has 0 fully saturated rings. The summed E-state index contributed by atoms with van der Waals surface area (Å²) in [5.74, 6) is -1.28. The normalized spacial score (nSPS) is 10.2. The average molecular weight is 262 g/mol. The number of nitrogen functional groups attached to an aromatic ring is 1. The number of rotatable bonds is 3. The van der Waals surface area contributed by atoms with Crippen molar-refractivity contribution in [1.82, 2.24) is 9.97 Å². The summed E-state index contributed by atoms with van der Waals surface area (Å²) in [6.07, 6.45) is 1.34. The van der Waals surface area contributed by atoms with Crippen LogP contribution in [0.3, 0.4) is 0 Å². The monoisotopic (exact) mass is 262 g/mol. The molecule has 1 heterocycles. The first-order valence-electron chi connectivity index (χ1n) is 5.29. The number of primary amides is 1. The van der Waals surface area contributed by atoms with Gasteiger partial charge in [0.15, 0.2) is 23.1 Å². The summed E-state index contributed by atoms with van der Waals surface area (Å²) in [5.41, 5.74) is 11.2. The van der Waals surface area contributed by atoms with E-state index >= 15 is 0 Å². The van der Waals surface area contributed by atoms with Crippen molar-refractivity contribution in [2.45, 2.75) is 0 Å². The molecule has 0 aliphatic rings. The van der Waals surface area contributed by atoms with Crippen LogP contribution in [-0.2, 0) is 0 Å². The number of nitrogens with zero attached hydrogens (tertiary/aromatic N) is 2. The summed E-state index contributed by atoms with van der Waals surface area (Å²) >= 11 is 0. The second-order valence-corrected chi connectivity index (χ2v) is 3.70. The Balaban J connectivity index is 2.50. The van der Waals surface area contributed by atoms with Crippen molar-refractivity contribution < 1.29 is 13.9 Å². The quantitative estimate of drug-likeness (QED) is 0.857. The second-order valence-electron chi connectivity index (χ2n) is 3.70. The highest BCUT2D eigenvalue weighted by Crippen LogP contribution is 2.24. The maximum absolute atomic E-state index is 13.6. The van der Waals surface area contributed by atoms with Gasteiger partial charge in [0.2, 0.25) is 0 Å². The fourth-order valence-electron chi connectivity index (χ4n) is 1.54. The van der Waals surface area contributed by atoms with Crippen LogP contribution in [0.15, 0.2) is 24.4 Å². The third kappa shape index (κ3) is 2.44. The molecule has 0 aliphatic heterocycles. The van der Waals surface area contributed by atoms with Crippen LogP contribution in [0.25, 0.3) is 11.3 Å². The lowest BCUT2D eigenvalue weighted by Crippen LogP contribution is -2.17. The van der Waals surface area contributed by atoms with Crippen molar-refractivity contribution in [3.05, 3.63) is 35.9 Å². The van der Waals surface area contributed by atoms with Crippen LogP contribution in [0.5, 0.6) is 5.75 Å². The Morgan fingerprint density at radius 2 is 2.16 bits per heavy atom. The molecule has 0 atom stereocenters. The molecule has 1 aromatic heterocycles. The number of nitrogens with two attached hydrogens (primary N) is 2. The second kappa shape index (κ2) is 4.89. The summed E-state index contributed by atoms with van der Waals surface area (Å²) in [6, 6.07) is 4.27. The van der Waals surface area contributed by atoms with Gasteiger partial charge in [-0.25, -0.2) is 14.4 Å². The zero-order chi connectivity index (χ0) is 14.0. The molecule has 98 valence electrons. The average Bonchev–Trinajstić information content (AvgIpc) is 2.38. The van der Waals surface area contributed by atoms with Gasteiger partial charge >= 0.3 is 0 Å². The van der Waals surface area contributed by atoms with Crippen LogP contribution in [-0.4, -0.2) is 23.0 Å². The standard InChI is InChI=1S/C12H11FN4O2/c1-19-9-3-2-6(4-7(9)13)8-5-16-11(14)10(17-8)12(15)18/h2-5H,1H3,(H2,14,16)(H2,15,18). The van der Waals surface area contributed by atoms with Crippen LogP contribution in [0.4, 0.5) is 10.2 Å². The summed E-state index contributed by atoms with van der Waals surface area (Å²) in [6.45, 7) is 0. The van der Waals surface area contributed by atoms with E-state index in [2.05, 4.69) is 9.97 Å². The lowest BCUT2D eigenvalue weighted by atomic mass is 10.1. The van der Waals surface area contributed by atoms with E-state index < -0.39 is 11.7 Å². The van der Waals surface area contributed by atoms with Gasteiger partial charge in [0.25, 0.3) is 5.91 Å². The molecule has 0 aliphatic carbocycles. The molecular formula is C12H11FN4O2. The highest BCUT2D eigenvalue weighted by atomic mass is 19.1. The van der Waals surface area contributed by atoms with Gasteiger partial charge < -0.3 is 16.2 Å². The lowest BCUT2D eigenvalue weighted by Gasteiger charge is -2.06. The van der Waals surface area contributed by atoms with Gasteiger partial charge in [-0.15, -0.1) is 0 Å². The number of aromatic nitrogens is 2. The van der Waals surface area contributed by atoms with E-state index in [1.54, 1.807) is 6.07 Å². The number of amides is 1. The Kier molecular flexibility index (Phi) is 3.28. The first kappa shape index (κ1) is 12.7. The predicted molar refractivity (Wildman–Crippen MR) is 66.9 cm³/mol. The molecule has 1 amide bonds. The van der Waals surface area contributed by atoms with Crippen molar-refractivity contribution in [1.29, 1.82) is 0 Å². The molecular weight excluding hydrogens is 251 g/mol. The van der Waals surface area contributed by atoms with Crippen LogP contribution in [0, 0.1) is 5.82 Å². The number of carbonyl (C=O) groups excluding carboxylic acids is 1. The zero-order valence-corrected chi connectivity index (χ0v) is 10.1. The summed E-state index contributed by atoms with van der Waals surface area (Å²) in [4.78, 5) is 18.9. The van der Waals surface area contributed by atoms with Crippen LogP contribution in [0.2, 0.25) is 0 Å². The van der Waals surface area contributed by atoms with E-state index in [1.165, 1.54) is 25.4 Å². The minimum absolute atomic E-state index is 0.0646. The molecule has 7 heteroatoms. The fourth-order valence-corrected chi connectivity index (χ4v) is 1.54. The van der Waals surface area contributed by atoms with E-state index in [1.807, 2.05) is 0 Å². The van der Waals surface area contributed by atoms with Gasteiger partial charge in [-0.1, -0.05) is 0 Å². The predicted octanol–water partition coefficient (Wildman–Crippen LogP) is 0.972. The van der Waals surface area contributed by atoms with E-state index in [-0.39, 0.29) is 17.3 Å². The van der Waals surface area contributed by atoms with Gasteiger partial charge in [0.05, 0.1) is 19.0 Å². The zero-order valence-electron chi connectivity index (χ0n) is 10.1. The highest BCUT2D eigenvalue weighted by Gasteiger charge is 2.12. The number of halogens is 1. The molecule has 19 heavy (non-hydrogen) atoms. The first-order valence-corrected chi connectivity index (χ1v) is 5.29. The van der Waals surface area contributed by atoms with E-state index in [4.69, 9.17) is 16.2 Å². The van der Waals surface area contributed by atoms with Crippen molar-refractivity contribution in [3.8, 4) is 17.0 Å². The number of benzene rings is 1. The Morgan fingerprint density at radius 3 is 2.74 bits per heavy atom. The number of methoxy groups -OCH3 is 1. The SMILES string of the molecule is COc1ccc(-c2cnc(N)c(C(N)=O)n2)cc1F. The summed E-state index contributed by atoms with van der Waals surface area (Å²) < 4.78 is 18.4. The smallest absolute Gasteiger partial charge is 0.271 e. The van der Waals surface area contributed by atoms with Crippen molar-refractivity contribution in [3.63, 3.8) is 0 Å². The van der Waals surface area contributed by atoms with Crippen LogP contribution in [0.1, 0.15) is 10.5 Å². The Hall–Kier alpha value is -2.70. The molecule has 4 N–H and O–H groups in total. The Bertz CT molecular complexity index is 646. The minimum Gasteiger partial charge on any atom is -0.494 e. The molecule has 0 saturated heterocycles. The van der Waals surface area contributed by atoms with Gasteiger partial charge in [-0.3, -0.25) is 4.79 Å². The number of hydrogen-bond donors (Lipinski definition) is 2. The van der Waals surface area contributed by atoms with E-state index in [9.17, 15) is 9.18 Å². The van der Waals surface area contributed by atoms with E-state index in [0.717, 1.165) is 0 Å². The fraction of sp³-hybridized carbons (Fsp3) is 0.0833. The third-order valence-corrected chi connectivity index (χ3v) is 2.48. The molecule has 2 rings (SSSR count). The lowest BCUT2D eigenvalue weighted by molar-refractivity contribution is 0.0996.